The van der Waals surface area contributed by atoms with Crippen molar-refractivity contribution in [2.45, 2.75) is 78.5 Å². The summed E-state index contributed by atoms with van der Waals surface area (Å²) in [6.45, 7) is 11.2. The zero-order chi connectivity index (χ0) is 22.2. The van der Waals surface area contributed by atoms with Gasteiger partial charge in [0.05, 0.1) is 0 Å². The van der Waals surface area contributed by atoms with Gasteiger partial charge in [0.2, 0.25) is 0 Å². The van der Waals surface area contributed by atoms with E-state index in [4.69, 9.17) is 0 Å². The number of rotatable bonds is 11. The lowest BCUT2D eigenvalue weighted by atomic mass is 10.0. The van der Waals surface area contributed by atoms with Crippen LogP contribution in [0.4, 0.5) is 0 Å². The molecule has 162 valence electrons. The topological polar surface area (TPSA) is 115 Å². The van der Waals surface area contributed by atoms with Gasteiger partial charge in [-0.05, 0) is 73.6 Å². The van der Waals surface area contributed by atoms with Gasteiger partial charge in [0, 0.05) is 0 Å². The van der Waals surface area contributed by atoms with Gasteiger partial charge < -0.3 is 19.6 Å². The third-order valence-corrected chi connectivity index (χ3v) is 8.62. The molecule has 0 amide bonds. The van der Waals surface area contributed by atoms with E-state index in [2.05, 4.69) is 26.0 Å². The monoisotopic (exact) mass is 434 g/mol. The van der Waals surface area contributed by atoms with E-state index in [-0.39, 0.29) is 0 Å². The SMILES string of the molecule is CC(C)=CCCC(C)=CCCC(C)=CC(CC=C(C)C)(P(=O)(O)O)P(=O)(O)O. The molecule has 8 heteroatoms. The third kappa shape index (κ3) is 9.17. The van der Waals surface area contributed by atoms with Crippen molar-refractivity contribution in [3.8, 4) is 0 Å². The van der Waals surface area contributed by atoms with E-state index >= 15 is 0 Å². The predicted octanol–water partition coefficient (Wildman–Crippen LogP) is 5.81. The van der Waals surface area contributed by atoms with Crippen LogP contribution in [0.1, 0.15) is 73.6 Å². The van der Waals surface area contributed by atoms with Crippen LogP contribution in [0.2, 0.25) is 0 Å². The smallest absolute Gasteiger partial charge is 0.323 e. The van der Waals surface area contributed by atoms with Crippen LogP contribution >= 0.6 is 15.2 Å². The van der Waals surface area contributed by atoms with Crippen LogP contribution in [0.3, 0.4) is 0 Å². The minimum absolute atomic E-state index is 0.418. The van der Waals surface area contributed by atoms with Crippen molar-refractivity contribution in [1.82, 2.24) is 0 Å². The highest BCUT2D eigenvalue weighted by molar-refractivity contribution is 7.72. The molecule has 0 heterocycles. The third-order valence-electron chi connectivity index (χ3n) is 4.42. The van der Waals surface area contributed by atoms with Crippen LogP contribution in [-0.2, 0) is 9.13 Å². The van der Waals surface area contributed by atoms with Crippen LogP contribution in [0.15, 0.2) is 46.6 Å². The fourth-order valence-electron chi connectivity index (χ4n) is 2.69. The van der Waals surface area contributed by atoms with Gasteiger partial charge in [-0.15, -0.1) is 0 Å². The van der Waals surface area contributed by atoms with Crippen molar-refractivity contribution < 1.29 is 28.7 Å². The van der Waals surface area contributed by atoms with Crippen LogP contribution in [0.25, 0.3) is 0 Å². The van der Waals surface area contributed by atoms with Crippen molar-refractivity contribution in [1.29, 1.82) is 0 Å². The standard InChI is InChI=1S/C20H36O6P2/c1-16(2)9-7-10-18(5)11-8-12-19(6)15-20(27(21,22)23,28(24,25)26)14-13-17(3)4/h9,11,13,15H,7-8,10,12,14H2,1-6H3,(H2,21,22,23)(H2,24,25,26). The molecule has 0 atom stereocenters. The fraction of sp³-hybridized carbons (Fsp3) is 0.600. The van der Waals surface area contributed by atoms with Crippen LogP contribution in [0.5, 0.6) is 0 Å². The van der Waals surface area contributed by atoms with E-state index in [9.17, 15) is 28.7 Å². The van der Waals surface area contributed by atoms with Crippen LogP contribution in [-0.4, -0.2) is 24.5 Å². The van der Waals surface area contributed by atoms with E-state index in [0.29, 0.717) is 18.4 Å². The van der Waals surface area contributed by atoms with Gasteiger partial charge in [-0.1, -0.05) is 46.6 Å². The van der Waals surface area contributed by atoms with Gasteiger partial charge in [0.15, 0.2) is 4.90 Å². The van der Waals surface area contributed by atoms with E-state index in [0.717, 1.165) is 24.5 Å². The van der Waals surface area contributed by atoms with Gasteiger partial charge in [0.25, 0.3) is 0 Å². The Morgan fingerprint density at radius 1 is 0.714 bits per heavy atom. The molecule has 4 N–H and O–H groups in total. The van der Waals surface area contributed by atoms with Gasteiger partial charge in [0.1, 0.15) is 0 Å². The molecule has 0 aromatic rings. The zero-order valence-corrected chi connectivity index (χ0v) is 19.6. The molecule has 0 fully saturated rings. The molecule has 0 radical (unpaired) electrons. The first-order valence-corrected chi connectivity index (χ1v) is 12.6. The molecule has 0 bridgehead atoms. The average Bonchev–Trinajstić information content (AvgIpc) is 2.48. The second-order valence-electron chi connectivity index (χ2n) is 7.85. The molecular weight excluding hydrogens is 398 g/mol. The summed E-state index contributed by atoms with van der Waals surface area (Å²) < 4.78 is 24.2. The first kappa shape index (κ1) is 27.3. The average molecular weight is 434 g/mol. The summed E-state index contributed by atoms with van der Waals surface area (Å²) in [6, 6.07) is 0. The Labute approximate surface area is 169 Å². The molecule has 0 unspecified atom stereocenters. The highest BCUT2D eigenvalue weighted by atomic mass is 31.2. The molecule has 0 aliphatic heterocycles. The summed E-state index contributed by atoms with van der Waals surface area (Å²) >= 11 is 0. The first-order valence-electron chi connectivity index (χ1n) is 9.34. The summed E-state index contributed by atoms with van der Waals surface area (Å²) in [5, 5.41) is 0. The van der Waals surface area contributed by atoms with Crippen molar-refractivity contribution in [3.63, 3.8) is 0 Å². The molecule has 6 nitrogen and oxygen atoms in total. The summed E-state index contributed by atoms with van der Waals surface area (Å²) in [5.41, 5.74) is 3.76. The lowest BCUT2D eigenvalue weighted by Gasteiger charge is -2.32. The van der Waals surface area contributed by atoms with Crippen molar-refractivity contribution >= 4 is 15.2 Å². The van der Waals surface area contributed by atoms with Crippen molar-refractivity contribution in [2.75, 3.05) is 0 Å². The molecule has 0 aliphatic rings. The molecule has 0 rings (SSSR count). The van der Waals surface area contributed by atoms with E-state index in [1.54, 1.807) is 20.8 Å². The van der Waals surface area contributed by atoms with E-state index < -0.39 is 26.5 Å². The molecule has 0 aliphatic carbocycles. The summed E-state index contributed by atoms with van der Waals surface area (Å²) in [7, 11) is -10.2. The molecule has 28 heavy (non-hydrogen) atoms. The lowest BCUT2D eigenvalue weighted by molar-refractivity contribution is 0.321. The Bertz CT molecular complexity index is 704. The normalized spacial score (nSPS) is 14.1. The number of hydrogen-bond acceptors (Lipinski definition) is 2. The predicted molar refractivity (Wildman–Crippen MR) is 116 cm³/mol. The lowest BCUT2D eigenvalue weighted by Crippen LogP contribution is -2.26. The maximum Gasteiger partial charge on any atom is 0.347 e. The molecule has 0 aromatic heterocycles. The maximum absolute atomic E-state index is 12.1. The highest BCUT2D eigenvalue weighted by Gasteiger charge is 2.57. The highest BCUT2D eigenvalue weighted by Crippen LogP contribution is 2.71. The Balaban J connectivity index is 5.53. The number of allylic oxidation sites excluding steroid dienone is 8. The summed E-state index contributed by atoms with van der Waals surface area (Å²) in [6.07, 6.45) is 9.36. The molecule has 0 aromatic carbocycles. The second kappa shape index (κ2) is 11.4. The fourth-order valence-corrected chi connectivity index (χ4v) is 5.49. The van der Waals surface area contributed by atoms with Gasteiger partial charge in [-0.3, -0.25) is 9.13 Å². The molecule has 0 saturated heterocycles. The van der Waals surface area contributed by atoms with Crippen molar-refractivity contribution in [2.24, 2.45) is 0 Å². The minimum atomic E-state index is -5.12. The van der Waals surface area contributed by atoms with Crippen molar-refractivity contribution in [3.05, 3.63) is 46.6 Å². The molecular formula is C20H36O6P2. The Kier molecular flexibility index (Phi) is 11.1. The zero-order valence-electron chi connectivity index (χ0n) is 17.8. The van der Waals surface area contributed by atoms with Gasteiger partial charge in [-0.2, -0.15) is 0 Å². The van der Waals surface area contributed by atoms with Gasteiger partial charge >= 0.3 is 15.2 Å². The first-order chi connectivity index (χ1) is 12.6. The molecule has 0 saturated carbocycles. The number of hydrogen-bond donors (Lipinski definition) is 4. The largest absolute Gasteiger partial charge is 0.347 e. The summed E-state index contributed by atoms with van der Waals surface area (Å²) in [5.74, 6) is 0. The Morgan fingerprint density at radius 3 is 1.57 bits per heavy atom. The van der Waals surface area contributed by atoms with Gasteiger partial charge in [-0.25, -0.2) is 0 Å². The van der Waals surface area contributed by atoms with Crippen LogP contribution in [0, 0.1) is 0 Å². The Morgan fingerprint density at radius 2 is 1.14 bits per heavy atom. The maximum atomic E-state index is 12.1. The summed E-state index contributed by atoms with van der Waals surface area (Å²) in [4.78, 5) is 36.7. The van der Waals surface area contributed by atoms with Crippen LogP contribution < -0.4 is 0 Å². The Hall–Kier alpha value is -0.740. The molecule has 0 spiro atoms. The quantitative estimate of drug-likeness (QED) is 0.241. The second-order valence-corrected chi connectivity index (χ2v) is 12.0. The minimum Gasteiger partial charge on any atom is -0.323 e. The van der Waals surface area contributed by atoms with E-state index in [1.165, 1.54) is 17.2 Å². The van der Waals surface area contributed by atoms with E-state index in [1.807, 2.05) is 6.92 Å².